The maximum Gasteiger partial charge on any atom is 0.278 e. The van der Waals surface area contributed by atoms with E-state index in [1.165, 1.54) is 9.58 Å². The van der Waals surface area contributed by atoms with Crippen LogP contribution in [0, 0.1) is 13.8 Å². The van der Waals surface area contributed by atoms with E-state index in [0.29, 0.717) is 29.0 Å². The molecule has 1 aromatic heterocycles. The highest BCUT2D eigenvalue weighted by molar-refractivity contribution is 6.09. The summed E-state index contributed by atoms with van der Waals surface area (Å²) in [6.45, 7) is 5.34. The van der Waals surface area contributed by atoms with Crippen molar-refractivity contribution >= 4 is 23.3 Å². The van der Waals surface area contributed by atoms with Gasteiger partial charge >= 0.3 is 0 Å². The second-order valence-electron chi connectivity index (χ2n) is 7.55. The maximum absolute atomic E-state index is 13.0. The molecule has 1 atom stereocenters. The number of Topliss-reactive ketones (excluding diaryl/α,β-unsaturated/α-hetero) is 1. The number of hydrogen-bond acceptors (Lipinski definition) is 5. The van der Waals surface area contributed by atoms with Gasteiger partial charge in [-0.1, -0.05) is 37.3 Å². The highest BCUT2D eigenvalue weighted by atomic mass is 16.5. The average molecular weight is 417 g/mol. The standard InChI is InChI=1S/C24H23N3O4/c1-4-21-24(30)26(14-20(28)17-8-6-5-7-9-17)19-13-18(10-11-22(19)31-21)23(29)27-16(3)12-15(2)25-27/h5-13,21H,4,14H2,1-3H3/t21-/m1/s1. The molecule has 31 heavy (non-hydrogen) atoms. The van der Waals surface area contributed by atoms with Crippen molar-refractivity contribution in [1.82, 2.24) is 9.78 Å². The van der Waals surface area contributed by atoms with Crippen LogP contribution in [0.1, 0.15) is 45.4 Å². The van der Waals surface area contributed by atoms with Crippen molar-refractivity contribution in [3.63, 3.8) is 0 Å². The molecular formula is C24H23N3O4. The molecule has 0 radical (unpaired) electrons. The largest absolute Gasteiger partial charge is 0.478 e. The highest BCUT2D eigenvalue weighted by Crippen LogP contribution is 2.36. The van der Waals surface area contributed by atoms with E-state index in [-0.39, 0.29) is 24.1 Å². The van der Waals surface area contributed by atoms with Crippen molar-refractivity contribution < 1.29 is 19.1 Å². The van der Waals surface area contributed by atoms with Crippen LogP contribution >= 0.6 is 0 Å². The highest BCUT2D eigenvalue weighted by Gasteiger charge is 2.35. The van der Waals surface area contributed by atoms with Crippen molar-refractivity contribution in [1.29, 1.82) is 0 Å². The number of amides is 1. The van der Waals surface area contributed by atoms with E-state index in [2.05, 4.69) is 5.10 Å². The Bertz CT molecular complexity index is 1170. The summed E-state index contributed by atoms with van der Waals surface area (Å²) in [4.78, 5) is 40.3. The molecule has 7 nitrogen and oxygen atoms in total. The van der Waals surface area contributed by atoms with Gasteiger partial charge < -0.3 is 4.74 Å². The number of carbonyl (C=O) groups is 3. The predicted octanol–water partition coefficient (Wildman–Crippen LogP) is 3.58. The third kappa shape index (κ3) is 3.86. The minimum atomic E-state index is -0.673. The van der Waals surface area contributed by atoms with Crippen LogP contribution in [-0.4, -0.2) is 40.0 Å². The molecule has 1 aliphatic rings. The van der Waals surface area contributed by atoms with Gasteiger partial charge in [-0.3, -0.25) is 19.3 Å². The Hall–Kier alpha value is -3.74. The Kier molecular flexibility index (Phi) is 5.42. The second kappa shape index (κ2) is 8.18. The van der Waals surface area contributed by atoms with E-state index < -0.39 is 6.10 Å². The lowest BCUT2D eigenvalue weighted by Gasteiger charge is -2.34. The van der Waals surface area contributed by atoms with Crippen LogP contribution in [0.25, 0.3) is 0 Å². The molecule has 0 saturated heterocycles. The van der Waals surface area contributed by atoms with Gasteiger partial charge in [0.25, 0.3) is 11.8 Å². The predicted molar refractivity (Wildman–Crippen MR) is 116 cm³/mol. The monoisotopic (exact) mass is 417 g/mol. The molecule has 4 rings (SSSR count). The summed E-state index contributed by atoms with van der Waals surface area (Å²) in [6, 6.07) is 15.6. The fourth-order valence-electron chi connectivity index (χ4n) is 3.69. The van der Waals surface area contributed by atoms with Crippen LogP contribution in [0.15, 0.2) is 54.6 Å². The first kappa shape index (κ1) is 20.5. The van der Waals surface area contributed by atoms with E-state index in [1.54, 1.807) is 49.4 Å². The van der Waals surface area contributed by atoms with Crippen LogP contribution in [0.3, 0.4) is 0 Å². The lowest BCUT2D eigenvalue weighted by Crippen LogP contribution is -2.47. The Morgan fingerprint density at radius 1 is 1.03 bits per heavy atom. The third-order valence-corrected chi connectivity index (χ3v) is 5.28. The van der Waals surface area contributed by atoms with Gasteiger partial charge in [0.2, 0.25) is 0 Å². The lowest BCUT2D eigenvalue weighted by atomic mass is 10.1. The number of fused-ring (bicyclic) bond motifs is 1. The smallest absolute Gasteiger partial charge is 0.278 e. The van der Waals surface area contributed by atoms with Gasteiger partial charge in [-0.25, -0.2) is 4.68 Å². The molecule has 7 heteroatoms. The number of anilines is 1. The molecule has 0 unspecified atom stereocenters. The number of carbonyl (C=O) groups excluding carboxylic acids is 3. The van der Waals surface area contributed by atoms with Gasteiger partial charge in [0, 0.05) is 16.8 Å². The summed E-state index contributed by atoms with van der Waals surface area (Å²) < 4.78 is 7.17. The minimum Gasteiger partial charge on any atom is -0.478 e. The molecule has 0 spiro atoms. The van der Waals surface area contributed by atoms with Crippen LogP contribution in [0.4, 0.5) is 5.69 Å². The van der Waals surface area contributed by atoms with Gasteiger partial charge in [0.15, 0.2) is 11.9 Å². The van der Waals surface area contributed by atoms with Crippen molar-refractivity contribution in [3.05, 3.63) is 77.1 Å². The molecule has 0 saturated carbocycles. The SMILES string of the molecule is CC[C@H]1Oc2ccc(C(=O)n3nc(C)cc3C)cc2N(CC(=O)c2ccccc2)C1=O. The number of hydrogen-bond donors (Lipinski definition) is 0. The number of ketones is 1. The molecule has 158 valence electrons. The first-order valence-corrected chi connectivity index (χ1v) is 10.2. The second-order valence-corrected chi connectivity index (χ2v) is 7.55. The molecule has 0 fully saturated rings. The van der Waals surface area contributed by atoms with Gasteiger partial charge in [-0.15, -0.1) is 0 Å². The molecule has 0 aliphatic carbocycles. The van der Waals surface area contributed by atoms with Crippen LogP contribution < -0.4 is 9.64 Å². The fourth-order valence-corrected chi connectivity index (χ4v) is 3.69. The molecular weight excluding hydrogens is 394 g/mol. The molecule has 0 N–H and O–H groups in total. The Labute approximate surface area is 180 Å². The fraction of sp³-hybridized carbons (Fsp3) is 0.250. The van der Waals surface area contributed by atoms with Gasteiger partial charge in [0.1, 0.15) is 5.75 Å². The Morgan fingerprint density at radius 3 is 2.42 bits per heavy atom. The van der Waals surface area contributed by atoms with Crippen molar-refractivity contribution in [3.8, 4) is 5.75 Å². The molecule has 2 aromatic carbocycles. The number of ether oxygens (including phenoxy) is 1. The van der Waals surface area contributed by atoms with E-state index >= 15 is 0 Å². The molecule has 2 heterocycles. The van der Waals surface area contributed by atoms with Crippen LogP contribution in [0.5, 0.6) is 5.75 Å². The molecule has 1 amide bonds. The van der Waals surface area contributed by atoms with Crippen LogP contribution in [0.2, 0.25) is 0 Å². The Balaban J connectivity index is 1.72. The van der Waals surface area contributed by atoms with Crippen molar-refractivity contribution in [2.24, 2.45) is 0 Å². The zero-order valence-electron chi connectivity index (χ0n) is 17.7. The van der Waals surface area contributed by atoms with Crippen molar-refractivity contribution in [2.45, 2.75) is 33.3 Å². The number of aromatic nitrogens is 2. The van der Waals surface area contributed by atoms with Gasteiger partial charge in [-0.2, -0.15) is 5.10 Å². The normalized spacial score (nSPS) is 15.4. The topological polar surface area (TPSA) is 81.5 Å². The number of nitrogens with zero attached hydrogens (tertiary/aromatic N) is 3. The van der Waals surface area contributed by atoms with Gasteiger partial charge in [-0.05, 0) is 44.5 Å². The molecule has 3 aromatic rings. The molecule has 0 bridgehead atoms. The van der Waals surface area contributed by atoms with Crippen LogP contribution in [-0.2, 0) is 4.79 Å². The number of benzene rings is 2. The zero-order chi connectivity index (χ0) is 22.1. The maximum atomic E-state index is 13.0. The van der Waals surface area contributed by atoms with E-state index in [0.717, 1.165) is 11.4 Å². The minimum absolute atomic E-state index is 0.132. The quantitative estimate of drug-likeness (QED) is 0.593. The summed E-state index contributed by atoms with van der Waals surface area (Å²) in [6.07, 6.45) is -0.200. The van der Waals surface area contributed by atoms with E-state index in [4.69, 9.17) is 4.74 Å². The first-order chi connectivity index (χ1) is 14.9. The summed E-state index contributed by atoms with van der Waals surface area (Å²) in [5.74, 6) is -0.327. The van der Waals surface area contributed by atoms with E-state index in [1.807, 2.05) is 26.0 Å². The number of rotatable bonds is 5. The Morgan fingerprint density at radius 2 is 1.77 bits per heavy atom. The third-order valence-electron chi connectivity index (χ3n) is 5.28. The molecule has 1 aliphatic heterocycles. The number of aryl methyl sites for hydroxylation is 2. The zero-order valence-corrected chi connectivity index (χ0v) is 17.7. The van der Waals surface area contributed by atoms with E-state index in [9.17, 15) is 14.4 Å². The van der Waals surface area contributed by atoms with Gasteiger partial charge in [0.05, 0.1) is 17.9 Å². The van der Waals surface area contributed by atoms with Crippen molar-refractivity contribution in [2.75, 3.05) is 11.4 Å². The lowest BCUT2D eigenvalue weighted by molar-refractivity contribution is -0.126. The summed E-state index contributed by atoms with van der Waals surface area (Å²) in [5.41, 5.74) is 2.74. The summed E-state index contributed by atoms with van der Waals surface area (Å²) in [5, 5.41) is 4.25. The first-order valence-electron chi connectivity index (χ1n) is 10.2. The average Bonchev–Trinajstić information content (AvgIpc) is 3.12. The summed E-state index contributed by atoms with van der Waals surface area (Å²) in [7, 11) is 0. The summed E-state index contributed by atoms with van der Waals surface area (Å²) >= 11 is 0.